The van der Waals surface area contributed by atoms with Crippen LogP contribution in [-0.4, -0.2) is 25.8 Å². The second kappa shape index (κ2) is 7.65. The highest BCUT2D eigenvalue weighted by atomic mass is 16.7. The summed E-state index contributed by atoms with van der Waals surface area (Å²) < 4.78 is 12.3. The van der Waals surface area contributed by atoms with Gasteiger partial charge >= 0.3 is 0 Å². The first-order valence-corrected chi connectivity index (χ1v) is 8.67. The molecule has 2 nitrogen and oxygen atoms in total. The first kappa shape index (κ1) is 16.1. The molecule has 1 saturated heterocycles. The van der Waals surface area contributed by atoms with Crippen molar-refractivity contribution < 1.29 is 9.47 Å². The van der Waals surface area contributed by atoms with Crippen LogP contribution in [-0.2, 0) is 9.47 Å². The van der Waals surface area contributed by atoms with Crippen LogP contribution in [0.25, 0.3) is 0 Å². The summed E-state index contributed by atoms with van der Waals surface area (Å²) in [6.45, 7) is 7.50. The number of fused-ring (bicyclic) bond motifs is 1. The van der Waals surface area contributed by atoms with E-state index in [-0.39, 0.29) is 11.9 Å². The van der Waals surface area contributed by atoms with Gasteiger partial charge in [0.15, 0.2) is 5.79 Å². The minimum absolute atomic E-state index is 0.285. The molecule has 1 fully saturated rings. The van der Waals surface area contributed by atoms with Crippen LogP contribution in [0.1, 0.15) is 65.7 Å². The van der Waals surface area contributed by atoms with Crippen molar-refractivity contribution in [3.05, 3.63) is 12.2 Å². The van der Waals surface area contributed by atoms with Crippen LogP contribution in [0.5, 0.6) is 0 Å². The minimum atomic E-state index is -0.350. The second-order valence-corrected chi connectivity index (χ2v) is 6.77. The third kappa shape index (κ3) is 4.36. The molecule has 2 rings (SSSR count). The van der Waals surface area contributed by atoms with Crippen molar-refractivity contribution in [2.75, 3.05) is 6.61 Å². The number of hydrogen-bond acceptors (Lipinski definition) is 2. The van der Waals surface area contributed by atoms with Crippen molar-refractivity contribution in [3.8, 4) is 0 Å². The van der Waals surface area contributed by atoms with Crippen LogP contribution in [0, 0.1) is 0 Å². The van der Waals surface area contributed by atoms with E-state index in [0.717, 1.165) is 18.8 Å². The van der Waals surface area contributed by atoms with Gasteiger partial charge in [-0.1, -0.05) is 58.1 Å². The Balaban J connectivity index is 1.84. The molecule has 20 heavy (non-hydrogen) atoms. The van der Waals surface area contributed by atoms with Gasteiger partial charge in [0.25, 0.3) is 0 Å². The molecule has 0 amide bonds. The predicted octanol–water partition coefficient (Wildman–Crippen LogP) is 4.47. The summed E-state index contributed by atoms with van der Waals surface area (Å²) in [7, 11) is 1.24. The number of ether oxygens (including phenoxy) is 2. The predicted molar refractivity (Wildman–Crippen MR) is 86.7 cm³/mol. The average molecular weight is 278 g/mol. The highest BCUT2D eigenvalue weighted by Gasteiger charge is 2.40. The third-order valence-electron chi connectivity index (χ3n) is 4.79. The molecular formula is C17H31BO2. The summed E-state index contributed by atoms with van der Waals surface area (Å²) in [5, 5.41) is 0. The zero-order valence-corrected chi connectivity index (χ0v) is 13.6. The maximum absolute atomic E-state index is 6.27. The normalized spacial score (nSPS) is 36.5. The van der Waals surface area contributed by atoms with E-state index in [1.807, 2.05) is 0 Å². The Morgan fingerprint density at radius 2 is 1.95 bits per heavy atom. The average Bonchev–Trinajstić information content (AvgIpc) is 2.45. The van der Waals surface area contributed by atoms with Crippen molar-refractivity contribution >= 4 is 7.28 Å². The summed E-state index contributed by atoms with van der Waals surface area (Å²) in [4.78, 5) is 0. The zero-order valence-electron chi connectivity index (χ0n) is 13.6. The number of hydrogen-bond donors (Lipinski definition) is 0. The molecule has 114 valence electrons. The Hall–Kier alpha value is -0.275. The monoisotopic (exact) mass is 278 g/mol. The largest absolute Gasteiger partial charge is 0.351 e. The number of rotatable bonds is 7. The minimum Gasteiger partial charge on any atom is -0.351 e. The van der Waals surface area contributed by atoms with E-state index >= 15 is 0 Å². The van der Waals surface area contributed by atoms with Crippen molar-refractivity contribution in [2.45, 2.75) is 89.2 Å². The number of unbranched alkanes of at least 4 members (excludes halogenated alkanes) is 3. The van der Waals surface area contributed by atoms with Crippen LogP contribution in [0.15, 0.2) is 12.2 Å². The fourth-order valence-electron chi connectivity index (χ4n) is 3.44. The molecule has 4 atom stereocenters. The molecule has 2 unspecified atom stereocenters. The molecular weight excluding hydrogens is 247 g/mol. The lowest BCUT2D eigenvalue weighted by atomic mass is 9.49. The molecule has 0 aromatic rings. The van der Waals surface area contributed by atoms with Crippen molar-refractivity contribution in [2.24, 2.45) is 0 Å². The van der Waals surface area contributed by atoms with Gasteiger partial charge < -0.3 is 9.47 Å². The van der Waals surface area contributed by atoms with Gasteiger partial charge in [0.1, 0.15) is 7.28 Å². The fraction of sp³-hybridized carbons (Fsp3) is 0.882. The van der Waals surface area contributed by atoms with E-state index in [1.165, 1.54) is 45.8 Å². The molecule has 0 bridgehead atoms. The Labute approximate surface area is 125 Å². The first-order chi connectivity index (χ1) is 9.67. The SMILES string of the molecule is CCCCCC1(C)OC[C@H]2BC(CCCC)C=C[C@H]2O1. The summed E-state index contributed by atoms with van der Waals surface area (Å²) in [5.74, 6) is 0.964. The van der Waals surface area contributed by atoms with E-state index in [1.54, 1.807) is 0 Å². The Bertz CT molecular complexity index is 318. The Kier molecular flexibility index (Phi) is 6.16. The maximum atomic E-state index is 6.27. The quantitative estimate of drug-likeness (QED) is 0.388. The highest BCUT2D eigenvalue weighted by Crippen LogP contribution is 2.39. The Morgan fingerprint density at radius 1 is 1.15 bits per heavy atom. The lowest BCUT2D eigenvalue weighted by Gasteiger charge is -2.44. The molecule has 0 spiro atoms. The van der Waals surface area contributed by atoms with Gasteiger partial charge in [-0.25, -0.2) is 0 Å². The summed E-state index contributed by atoms with van der Waals surface area (Å²) in [5.41, 5.74) is 0. The van der Waals surface area contributed by atoms with Gasteiger partial charge in [-0.2, -0.15) is 0 Å². The van der Waals surface area contributed by atoms with E-state index in [0.29, 0.717) is 5.82 Å². The van der Waals surface area contributed by atoms with Gasteiger partial charge in [0, 0.05) is 13.0 Å². The Morgan fingerprint density at radius 3 is 2.70 bits per heavy atom. The molecule has 0 aliphatic carbocycles. The second-order valence-electron chi connectivity index (χ2n) is 6.77. The standard InChI is InChI=1S/C17H31BO2/c1-4-6-8-12-17(3)19-13-15-16(20-17)11-10-14(18-15)9-7-5-2/h10-11,14-16,18H,4-9,12-13H2,1-3H3/t14?,15-,16-,17?/m1/s1. The molecule has 0 aromatic carbocycles. The van der Waals surface area contributed by atoms with Crippen LogP contribution in [0.2, 0.25) is 11.6 Å². The van der Waals surface area contributed by atoms with E-state index < -0.39 is 0 Å². The van der Waals surface area contributed by atoms with Gasteiger partial charge in [-0.05, 0) is 25.0 Å². The molecule has 0 aromatic heterocycles. The van der Waals surface area contributed by atoms with Gasteiger partial charge in [0.05, 0.1) is 6.10 Å². The summed E-state index contributed by atoms with van der Waals surface area (Å²) in [6.07, 6.45) is 13.7. The molecule has 0 saturated carbocycles. The topological polar surface area (TPSA) is 18.5 Å². The highest BCUT2D eigenvalue weighted by molar-refractivity contribution is 6.41. The van der Waals surface area contributed by atoms with Crippen LogP contribution in [0.4, 0.5) is 0 Å². The van der Waals surface area contributed by atoms with Gasteiger partial charge in [-0.15, -0.1) is 0 Å². The zero-order chi connectivity index (χ0) is 14.4. The smallest absolute Gasteiger partial charge is 0.166 e. The van der Waals surface area contributed by atoms with Crippen molar-refractivity contribution in [1.29, 1.82) is 0 Å². The van der Waals surface area contributed by atoms with Crippen LogP contribution in [0.3, 0.4) is 0 Å². The molecule has 3 heteroatoms. The third-order valence-corrected chi connectivity index (χ3v) is 4.79. The van der Waals surface area contributed by atoms with Crippen LogP contribution < -0.4 is 0 Å². The first-order valence-electron chi connectivity index (χ1n) is 8.67. The lowest BCUT2D eigenvalue weighted by Crippen LogP contribution is -2.47. The van der Waals surface area contributed by atoms with Crippen molar-refractivity contribution in [1.82, 2.24) is 0 Å². The van der Waals surface area contributed by atoms with E-state index in [2.05, 4.69) is 32.9 Å². The van der Waals surface area contributed by atoms with Gasteiger partial charge in [0.2, 0.25) is 0 Å². The van der Waals surface area contributed by atoms with E-state index in [4.69, 9.17) is 9.47 Å². The summed E-state index contributed by atoms with van der Waals surface area (Å²) in [6, 6.07) is 0. The number of allylic oxidation sites excluding steroid dienone is 1. The van der Waals surface area contributed by atoms with Crippen LogP contribution >= 0.6 is 0 Å². The summed E-state index contributed by atoms with van der Waals surface area (Å²) >= 11 is 0. The molecule has 2 aliphatic rings. The maximum Gasteiger partial charge on any atom is 0.166 e. The fourth-order valence-corrected chi connectivity index (χ4v) is 3.44. The van der Waals surface area contributed by atoms with Gasteiger partial charge in [-0.3, -0.25) is 0 Å². The molecule has 2 aliphatic heterocycles. The molecule has 2 heterocycles. The molecule has 0 radical (unpaired) electrons. The van der Waals surface area contributed by atoms with E-state index in [9.17, 15) is 0 Å². The van der Waals surface area contributed by atoms with Crippen molar-refractivity contribution in [3.63, 3.8) is 0 Å². The molecule has 0 N–H and O–H groups in total. The lowest BCUT2D eigenvalue weighted by molar-refractivity contribution is -0.277.